The molecule has 34 heavy (non-hydrogen) atoms. The van der Waals surface area contributed by atoms with E-state index in [1.165, 1.54) is 6.08 Å². The van der Waals surface area contributed by atoms with Crippen molar-refractivity contribution >= 4 is 38.3 Å². The molecule has 0 unspecified atom stereocenters. The first kappa shape index (κ1) is 24.7. The van der Waals surface area contributed by atoms with Crippen molar-refractivity contribution in [3.05, 3.63) is 59.7 Å². The van der Waals surface area contributed by atoms with Crippen molar-refractivity contribution in [2.45, 2.75) is 4.34 Å². The van der Waals surface area contributed by atoms with Crippen molar-refractivity contribution in [1.82, 2.24) is 10.2 Å². The molecule has 3 rings (SSSR count). The van der Waals surface area contributed by atoms with Crippen LogP contribution in [0.2, 0.25) is 0 Å². The van der Waals surface area contributed by atoms with Crippen LogP contribution in [0.1, 0.15) is 5.56 Å². The van der Waals surface area contributed by atoms with Crippen LogP contribution < -0.4 is 19.5 Å². The number of aromatic nitrogens is 2. The maximum Gasteiger partial charge on any atom is 0.268 e. The van der Waals surface area contributed by atoms with Crippen molar-refractivity contribution in [2.75, 3.05) is 31.9 Å². The quantitative estimate of drug-likeness (QED) is 0.192. The van der Waals surface area contributed by atoms with Crippen molar-refractivity contribution in [1.29, 1.82) is 5.26 Å². The maximum atomic E-state index is 12.3. The van der Waals surface area contributed by atoms with Crippen LogP contribution >= 0.6 is 11.3 Å². The zero-order chi connectivity index (χ0) is 24.6. The number of benzene rings is 2. The Labute approximate surface area is 200 Å². The molecule has 176 valence electrons. The largest absolute Gasteiger partial charge is 0.497 e. The third-order valence-electron chi connectivity index (χ3n) is 4.18. The number of anilines is 1. The summed E-state index contributed by atoms with van der Waals surface area (Å²) in [5.74, 6) is 1.32. The number of ether oxygens (including phenoxy) is 3. The van der Waals surface area contributed by atoms with E-state index < -0.39 is 15.7 Å². The molecule has 1 heterocycles. The number of nitrogens with zero attached hydrogens (tertiary/aromatic N) is 3. The van der Waals surface area contributed by atoms with Crippen molar-refractivity contribution in [3.63, 3.8) is 0 Å². The van der Waals surface area contributed by atoms with Crippen LogP contribution in [0.4, 0.5) is 5.13 Å². The van der Waals surface area contributed by atoms with Crippen LogP contribution in [-0.4, -0.2) is 51.1 Å². The molecule has 10 nitrogen and oxygen atoms in total. The van der Waals surface area contributed by atoms with Gasteiger partial charge in [-0.05, 0) is 48.0 Å². The minimum Gasteiger partial charge on any atom is -0.497 e. The van der Waals surface area contributed by atoms with Gasteiger partial charge in [-0.15, -0.1) is 10.2 Å². The van der Waals surface area contributed by atoms with Gasteiger partial charge in [0, 0.05) is 6.26 Å². The summed E-state index contributed by atoms with van der Waals surface area (Å²) < 4.78 is 39.0. The molecular weight excluding hydrogens is 480 g/mol. The lowest BCUT2D eigenvalue weighted by molar-refractivity contribution is -0.112. The van der Waals surface area contributed by atoms with Crippen molar-refractivity contribution < 1.29 is 27.4 Å². The summed E-state index contributed by atoms with van der Waals surface area (Å²) in [7, 11) is -1.94. The number of amides is 1. The van der Waals surface area contributed by atoms with Gasteiger partial charge in [0.15, 0.2) is 0 Å². The van der Waals surface area contributed by atoms with E-state index in [1.807, 2.05) is 6.07 Å². The predicted octanol–water partition coefficient (Wildman–Crippen LogP) is 2.95. The summed E-state index contributed by atoms with van der Waals surface area (Å²) in [5.41, 5.74) is 0.417. The summed E-state index contributed by atoms with van der Waals surface area (Å²) in [4.78, 5) is 12.3. The molecule has 0 aliphatic carbocycles. The van der Waals surface area contributed by atoms with Gasteiger partial charge in [0.1, 0.15) is 42.1 Å². The Hall–Kier alpha value is -3.95. The fourth-order valence-electron chi connectivity index (χ4n) is 2.54. The van der Waals surface area contributed by atoms with E-state index in [0.717, 1.165) is 12.0 Å². The number of rotatable bonds is 10. The Kier molecular flexibility index (Phi) is 8.18. The van der Waals surface area contributed by atoms with Gasteiger partial charge in [0.25, 0.3) is 5.91 Å². The standard InChI is InChI=1S/C22H20N4O6S2/c1-30-17-7-9-19(10-8-17)32-12-11-31-18-5-3-15(4-6-18)13-16(14-23)20(27)24-21-25-26-22(33-21)34(2,28)29/h3-10,13H,11-12H2,1-2H3,(H,24,25,27). The molecule has 1 aromatic heterocycles. The molecule has 12 heteroatoms. The molecule has 0 saturated heterocycles. The molecule has 0 saturated carbocycles. The zero-order valence-electron chi connectivity index (χ0n) is 18.2. The Morgan fingerprint density at radius 3 is 2.09 bits per heavy atom. The molecule has 2 aromatic carbocycles. The maximum absolute atomic E-state index is 12.3. The minimum absolute atomic E-state index is 0.0211. The van der Waals surface area contributed by atoms with Crippen LogP contribution in [0.3, 0.4) is 0 Å². The normalized spacial score (nSPS) is 11.4. The van der Waals surface area contributed by atoms with Gasteiger partial charge in [0.05, 0.1) is 7.11 Å². The summed E-state index contributed by atoms with van der Waals surface area (Å²) >= 11 is 0.703. The number of hydrogen-bond donors (Lipinski definition) is 1. The molecule has 0 radical (unpaired) electrons. The second-order valence-corrected chi connectivity index (χ2v) is 9.88. The van der Waals surface area contributed by atoms with Gasteiger partial charge in [0.2, 0.25) is 19.3 Å². The molecule has 0 bridgehead atoms. The van der Waals surface area contributed by atoms with Crippen molar-refractivity contribution in [2.24, 2.45) is 0 Å². The molecule has 0 spiro atoms. The van der Waals surface area contributed by atoms with Gasteiger partial charge < -0.3 is 14.2 Å². The summed E-state index contributed by atoms with van der Waals surface area (Å²) in [6.45, 7) is 0.670. The van der Waals surface area contributed by atoms with Crippen LogP contribution in [-0.2, 0) is 14.6 Å². The van der Waals surface area contributed by atoms with E-state index in [-0.39, 0.29) is 15.0 Å². The Bertz CT molecular complexity index is 1310. The smallest absolute Gasteiger partial charge is 0.268 e. The first-order valence-electron chi connectivity index (χ1n) is 9.75. The molecule has 3 aromatic rings. The molecule has 1 N–H and O–H groups in total. The van der Waals surface area contributed by atoms with E-state index in [0.29, 0.717) is 41.6 Å². The summed E-state index contributed by atoms with van der Waals surface area (Å²) in [6.07, 6.45) is 2.38. The Morgan fingerprint density at radius 2 is 1.59 bits per heavy atom. The second-order valence-electron chi connectivity index (χ2n) is 6.71. The molecule has 0 aliphatic heterocycles. The van der Waals surface area contributed by atoms with Gasteiger partial charge in [-0.1, -0.05) is 23.5 Å². The number of nitrogens with one attached hydrogen (secondary N) is 1. The fraction of sp³-hybridized carbons (Fsp3) is 0.182. The lowest BCUT2D eigenvalue weighted by Crippen LogP contribution is -2.13. The first-order valence-corrected chi connectivity index (χ1v) is 12.5. The zero-order valence-corrected chi connectivity index (χ0v) is 19.9. The van der Waals surface area contributed by atoms with Crippen LogP contribution in [0, 0.1) is 11.3 Å². The van der Waals surface area contributed by atoms with Gasteiger partial charge in [-0.25, -0.2) is 8.42 Å². The molecular formula is C22H20N4O6S2. The van der Waals surface area contributed by atoms with Gasteiger partial charge in [-0.3, -0.25) is 10.1 Å². The number of nitriles is 1. The highest BCUT2D eigenvalue weighted by molar-refractivity contribution is 7.92. The lowest BCUT2D eigenvalue weighted by atomic mass is 10.1. The van der Waals surface area contributed by atoms with E-state index >= 15 is 0 Å². The number of carbonyl (C=O) groups excluding carboxylic acids is 1. The molecule has 0 aliphatic rings. The van der Waals surface area contributed by atoms with E-state index in [1.54, 1.807) is 55.6 Å². The monoisotopic (exact) mass is 500 g/mol. The second kappa shape index (κ2) is 11.3. The van der Waals surface area contributed by atoms with Crippen LogP contribution in [0.25, 0.3) is 6.08 Å². The van der Waals surface area contributed by atoms with E-state index in [4.69, 9.17) is 14.2 Å². The molecule has 1 amide bonds. The van der Waals surface area contributed by atoms with Crippen molar-refractivity contribution in [3.8, 4) is 23.3 Å². The minimum atomic E-state index is -3.53. The predicted molar refractivity (Wildman–Crippen MR) is 126 cm³/mol. The SMILES string of the molecule is COc1ccc(OCCOc2ccc(C=C(C#N)C(=O)Nc3nnc(S(C)(=O)=O)s3)cc2)cc1. The van der Waals surface area contributed by atoms with E-state index in [9.17, 15) is 18.5 Å². The number of methoxy groups -OCH3 is 1. The average molecular weight is 501 g/mol. The average Bonchev–Trinajstić information content (AvgIpc) is 3.30. The Morgan fingerprint density at radius 1 is 1.03 bits per heavy atom. The highest BCUT2D eigenvalue weighted by Crippen LogP contribution is 2.21. The summed E-state index contributed by atoms with van der Waals surface area (Å²) in [5, 5.41) is 18.8. The topological polar surface area (TPSA) is 140 Å². The summed E-state index contributed by atoms with van der Waals surface area (Å²) in [6, 6.07) is 15.8. The molecule has 0 fully saturated rings. The number of hydrogen-bond acceptors (Lipinski definition) is 10. The van der Waals surface area contributed by atoms with E-state index in [2.05, 4.69) is 15.5 Å². The van der Waals surface area contributed by atoms with Gasteiger partial charge in [-0.2, -0.15) is 5.26 Å². The number of carbonyl (C=O) groups is 1. The van der Waals surface area contributed by atoms with Crippen LogP contribution in [0.15, 0.2) is 58.4 Å². The Balaban J connectivity index is 1.52. The third kappa shape index (κ3) is 7.03. The third-order valence-corrected chi connectivity index (χ3v) is 6.69. The first-order chi connectivity index (χ1) is 16.3. The lowest BCUT2D eigenvalue weighted by Gasteiger charge is -2.09. The highest BCUT2D eigenvalue weighted by Gasteiger charge is 2.17. The number of sulfone groups is 1. The fourth-order valence-corrected chi connectivity index (χ4v) is 4.04. The molecule has 0 atom stereocenters. The van der Waals surface area contributed by atoms with Crippen LogP contribution in [0.5, 0.6) is 17.2 Å². The van der Waals surface area contributed by atoms with Gasteiger partial charge >= 0.3 is 0 Å². The highest BCUT2D eigenvalue weighted by atomic mass is 32.2.